The van der Waals surface area contributed by atoms with Crippen LogP contribution in [0.5, 0.6) is 5.75 Å². The Balaban J connectivity index is 1.84. The highest BCUT2D eigenvalue weighted by Gasteiger charge is 2.30. The number of benzene rings is 3. The lowest BCUT2D eigenvalue weighted by molar-refractivity contribution is -0.137. The highest BCUT2D eigenvalue weighted by atomic mass is 19.4. The van der Waals surface area contributed by atoms with Crippen LogP contribution in [0.4, 0.5) is 13.2 Å². The minimum atomic E-state index is -4.47. The molecule has 0 saturated carbocycles. The average molecular weight is 414 g/mol. The van der Waals surface area contributed by atoms with Gasteiger partial charge in [-0.05, 0) is 52.4 Å². The third-order valence-corrected chi connectivity index (χ3v) is 4.77. The summed E-state index contributed by atoms with van der Waals surface area (Å²) in [7, 11) is 0. The smallest absolute Gasteiger partial charge is 0.416 e. The van der Waals surface area contributed by atoms with Crippen molar-refractivity contribution in [2.45, 2.75) is 32.5 Å². The van der Waals surface area contributed by atoms with Gasteiger partial charge in [0.05, 0.1) is 5.56 Å². The van der Waals surface area contributed by atoms with Gasteiger partial charge < -0.3 is 9.84 Å². The summed E-state index contributed by atoms with van der Waals surface area (Å²) in [5.41, 5.74) is 1.83. The Morgan fingerprint density at radius 2 is 1.63 bits per heavy atom. The average Bonchev–Trinajstić information content (AvgIpc) is 2.72. The van der Waals surface area contributed by atoms with E-state index in [1.54, 1.807) is 6.07 Å². The molecule has 30 heavy (non-hydrogen) atoms. The van der Waals surface area contributed by atoms with E-state index in [-0.39, 0.29) is 23.5 Å². The van der Waals surface area contributed by atoms with E-state index in [0.717, 1.165) is 17.7 Å². The van der Waals surface area contributed by atoms with Crippen molar-refractivity contribution in [2.75, 3.05) is 0 Å². The van der Waals surface area contributed by atoms with Crippen molar-refractivity contribution < 1.29 is 27.8 Å². The third-order valence-electron chi connectivity index (χ3n) is 4.77. The van der Waals surface area contributed by atoms with Crippen LogP contribution in [-0.2, 0) is 12.8 Å². The molecule has 3 rings (SSSR count). The van der Waals surface area contributed by atoms with Crippen molar-refractivity contribution in [3.63, 3.8) is 0 Å². The van der Waals surface area contributed by atoms with Gasteiger partial charge >= 0.3 is 12.1 Å². The van der Waals surface area contributed by atoms with Gasteiger partial charge in [0.15, 0.2) is 0 Å². The molecule has 0 atom stereocenters. The first-order valence-electron chi connectivity index (χ1n) is 9.42. The number of carboxylic acid groups (broad SMARTS) is 1. The Bertz CT molecular complexity index is 1040. The number of alkyl halides is 3. The predicted octanol–water partition coefficient (Wildman–Crippen LogP) is 6.77. The SMILES string of the molecule is CC(C)c1ccc(COc2ccc(-c3cccc(C(F)(F)F)c3)cc2C(=O)O)cc1. The van der Waals surface area contributed by atoms with Crippen LogP contribution in [0.25, 0.3) is 11.1 Å². The molecule has 0 aromatic heterocycles. The number of carboxylic acids is 1. The van der Waals surface area contributed by atoms with E-state index in [1.807, 2.05) is 24.3 Å². The second-order valence-corrected chi connectivity index (χ2v) is 7.28. The first kappa shape index (κ1) is 21.4. The molecule has 3 nitrogen and oxygen atoms in total. The lowest BCUT2D eigenvalue weighted by atomic mass is 10.00. The number of hydrogen-bond acceptors (Lipinski definition) is 2. The van der Waals surface area contributed by atoms with Gasteiger partial charge in [0.2, 0.25) is 0 Å². The molecule has 0 radical (unpaired) electrons. The molecule has 3 aromatic carbocycles. The van der Waals surface area contributed by atoms with E-state index in [9.17, 15) is 23.1 Å². The molecular formula is C24H21F3O3. The van der Waals surface area contributed by atoms with Crippen LogP contribution in [0.15, 0.2) is 66.7 Å². The van der Waals surface area contributed by atoms with Crippen LogP contribution in [0.1, 0.15) is 46.8 Å². The van der Waals surface area contributed by atoms with Crippen LogP contribution in [0, 0.1) is 0 Å². The van der Waals surface area contributed by atoms with Gasteiger partial charge in [-0.15, -0.1) is 0 Å². The fraction of sp³-hybridized carbons (Fsp3) is 0.208. The monoisotopic (exact) mass is 414 g/mol. The number of ether oxygens (including phenoxy) is 1. The number of rotatable bonds is 6. The Morgan fingerprint density at radius 1 is 0.967 bits per heavy atom. The number of hydrogen-bond donors (Lipinski definition) is 1. The number of aromatic carboxylic acids is 1. The lowest BCUT2D eigenvalue weighted by Gasteiger charge is -2.13. The molecule has 0 unspecified atom stereocenters. The summed E-state index contributed by atoms with van der Waals surface area (Å²) in [6, 6.07) is 17.0. The van der Waals surface area contributed by atoms with Crippen LogP contribution < -0.4 is 4.74 Å². The molecule has 156 valence electrons. The quantitative estimate of drug-likeness (QED) is 0.484. The van der Waals surface area contributed by atoms with Gasteiger partial charge in [0.1, 0.15) is 17.9 Å². The minimum Gasteiger partial charge on any atom is -0.488 e. The topological polar surface area (TPSA) is 46.5 Å². The van der Waals surface area contributed by atoms with Crippen LogP contribution in [0.2, 0.25) is 0 Å². The van der Waals surface area contributed by atoms with Crippen LogP contribution >= 0.6 is 0 Å². The fourth-order valence-corrected chi connectivity index (χ4v) is 3.04. The first-order chi connectivity index (χ1) is 14.1. The summed E-state index contributed by atoms with van der Waals surface area (Å²) >= 11 is 0. The normalized spacial score (nSPS) is 11.5. The molecule has 0 heterocycles. The number of carbonyl (C=O) groups is 1. The standard InChI is InChI=1S/C24H21F3O3/c1-15(2)17-8-6-16(7-9-17)14-30-22-11-10-19(13-21(22)23(28)29)18-4-3-5-20(12-18)24(25,26)27/h3-13,15H,14H2,1-2H3,(H,28,29). The first-order valence-corrected chi connectivity index (χ1v) is 9.42. The molecule has 0 saturated heterocycles. The number of halogens is 3. The van der Waals surface area contributed by atoms with E-state index in [1.165, 1.54) is 29.8 Å². The van der Waals surface area contributed by atoms with Crippen LogP contribution in [-0.4, -0.2) is 11.1 Å². The summed E-state index contributed by atoms with van der Waals surface area (Å²) in [4.78, 5) is 11.7. The zero-order valence-electron chi connectivity index (χ0n) is 16.5. The molecule has 1 N–H and O–H groups in total. The Kier molecular flexibility index (Phi) is 6.15. The molecule has 3 aromatic rings. The van der Waals surface area contributed by atoms with E-state index in [2.05, 4.69) is 13.8 Å². The van der Waals surface area contributed by atoms with E-state index < -0.39 is 17.7 Å². The van der Waals surface area contributed by atoms with Crippen LogP contribution in [0.3, 0.4) is 0 Å². The van der Waals surface area contributed by atoms with E-state index in [4.69, 9.17) is 4.74 Å². The Labute approximate surface area is 172 Å². The van der Waals surface area contributed by atoms with Crippen molar-refractivity contribution in [1.82, 2.24) is 0 Å². The van der Waals surface area contributed by atoms with E-state index in [0.29, 0.717) is 11.5 Å². The summed E-state index contributed by atoms with van der Waals surface area (Å²) in [5, 5.41) is 9.56. The maximum absolute atomic E-state index is 13.0. The maximum Gasteiger partial charge on any atom is 0.416 e. The third kappa shape index (κ3) is 5.00. The van der Waals surface area contributed by atoms with Crippen molar-refractivity contribution in [2.24, 2.45) is 0 Å². The largest absolute Gasteiger partial charge is 0.488 e. The minimum absolute atomic E-state index is 0.108. The van der Waals surface area contributed by atoms with Gasteiger partial charge in [-0.1, -0.05) is 56.3 Å². The summed E-state index contributed by atoms with van der Waals surface area (Å²) < 4.78 is 44.6. The van der Waals surface area contributed by atoms with Gasteiger partial charge in [-0.25, -0.2) is 4.79 Å². The highest BCUT2D eigenvalue weighted by Crippen LogP contribution is 2.33. The molecule has 0 aliphatic rings. The summed E-state index contributed by atoms with van der Waals surface area (Å²) in [6.07, 6.45) is -4.47. The molecule has 6 heteroatoms. The van der Waals surface area contributed by atoms with Gasteiger partial charge in [0.25, 0.3) is 0 Å². The molecule has 0 fully saturated rings. The predicted molar refractivity (Wildman–Crippen MR) is 109 cm³/mol. The second-order valence-electron chi connectivity index (χ2n) is 7.28. The molecule has 0 spiro atoms. The summed E-state index contributed by atoms with van der Waals surface area (Å²) in [6.45, 7) is 4.37. The van der Waals surface area contributed by atoms with Gasteiger partial charge in [0, 0.05) is 0 Å². The van der Waals surface area contributed by atoms with E-state index >= 15 is 0 Å². The lowest BCUT2D eigenvalue weighted by Crippen LogP contribution is -2.05. The highest BCUT2D eigenvalue weighted by molar-refractivity contribution is 5.92. The van der Waals surface area contributed by atoms with Crippen molar-refractivity contribution in [3.8, 4) is 16.9 Å². The molecule has 0 aliphatic carbocycles. The Hall–Kier alpha value is -3.28. The van der Waals surface area contributed by atoms with Gasteiger partial charge in [-0.2, -0.15) is 13.2 Å². The van der Waals surface area contributed by atoms with Crippen molar-refractivity contribution >= 4 is 5.97 Å². The fourth-order valence-electron chi connectivity index (χ4n) is 3.04. The second kappa shape index (κ2) is 8.61. The maximum atomic E-state index is 13.0. The zero-order valence-corrected chi connectivity index (χ0v) is 16.5. The van der Waals surface area contributed by atoms with Gasteiger partial charge in [-0.3, -0.25) is 0 Å². The Morgan fingerprint density at radius 3 is 2.23 bits per heavy atom. The molecule has 0 bridgehead atoms. The van der Waals surface area contributed by atoms with Crippen molar-refractivity contribution in [1.29, 1.82) is 0 Å². The molecular weight excluding hydrogens is 393 g/mol. The summed E-state index contributed by atoms with van der Waals surface area (Å²) in [5.74, 6) is -0.651. The molecule has 0 amide bonds. The molecule has 0 aliphatic heterocycles. The zero-order chi connectivity index (χ0) is 21.9. The van der Waals surface area contributed by atoms with Crippen molar-refractivity contribution in [3.05, 3.63) is 89.0 Å².